The van der Waals surface area contributed by atoms with Gasteiger partial charge in [-0.2, -0.15) is 0 Å². The zero-order valence-electron chi connectivity index (χ0n) is 8.46. The first-order chi connectivity index (χ1) is 6.61. The highest BCUT2D eigenvalue weighted by Gasteiger charge is 2.05. The molecule has 0 spiro atoms. The number of hydrogen-bond acceptors (Lipinski definition) is 3. The van der Waals surface area contributed by atoms with Crippen LogP contribution in [0.5, 0.6) is 5.75 Å². The van der Waals surface area contributed by atoms with Crippen molar-refractivity contribution in [2.75, 3.05) is 12.3 Å². The number of hydrogen-bond donors (Lipinski definition) is 1. The lowest BCUT2D eigenvalue weighted by molar-refractivity contribution is 0.289. The maximum atomic E-state index is 5.72. The van der Waals surface area contributed by atoms with Crippen molar-refractivity contribution >= 4 is 21.6 Å². The molecule has 0 aliphatic rings. The van der Waals surface area contributed by atoms with Crippen molar-refractivity contribution in [3.63, 3.8) is 0 Å². The molecule has 0 aromatic carbocycles. The number of aromatic nitrogens is 1. The zero-order valence-corrected chi connectivity index (χ0v) is 10.0. The van der Waals surface area contributed by atoms with E-state index in [2.05, 4.69) is 34.8 Å². The second-order valence-electron chi connectivity index (χ2n) is 3.57. The number of anilines is 1. The van der Waals surface area contributed by atoms with Crippen LogP contribution in [0.25, 0.3) is 0 Å². The van der Waals surface area contributed by atoms with E-state index in [-0.39, 0.29) is 0 Å². The van der Waals surface area contributed by atoms with Crippen LogP contribution in [0.2, 0.25) is 0 Å². The molecule has 1 rings (SSSR count). The number of pyridine rings is 1. The van der Waals surface area contributed by atoms with E-state index in [1.807, 2.05) is 0 Å². The van der Waals surface area contributed by atoms with Gasteiger partial charge < -0.3 is 10.5 Å². The molecule has 1 aromatic rings. The molecule has 0 saturated carbocycles. The molecule has 78 valence electrons. The average Bonchev–Trinajstić information content (AvgIpc) is 2.09. The number of ether oxygens (including phenoxy) is 1. The molecule has 0 amide bonds. The SMILES string of the molecule is CC(C)CCOc1c(N)cncc1Br. The van der Waals surface area contributed by atoms with Crippen LogP contribution in [0.15, 0.2) is 16.9 Å². The van der Waals surface area contributed by atoms with Crippen LogP contribution < -0.4 is 10.5 Å². The van der Waals surface area contributed by atoms with Gasteiger partial charge >= 0.3 is 0 Å². The third-order valence-electron chi connectivity index (χ3n) is 1.82. The van der Waals surface area contributed by atoms with Gasteiger partial charge in [-0.1, -0.05) is 13.8 Å². The maximum absolute atomic E-state index is 5.72. The fourth-order valence-corrected chi connectivity index (χ4v) is 1.45. The van der Waals surface area contributed by atoms with Gasteiger partial charge in [0.15, 0.2) is 5.75 Å². The summed E-state index contributed by atoms with van der Waals surface area (Å²) in [5, 5.41) is 0. The predicted molar refractivity (Wildman–Crippen MR) is 61.3 cm³/mol. The van der Waals surface area contributed by atoms with Crippen LogP contribution in [0.4, 0.5) is 5.69 Å². The Morgan fingerprint density at radius 3 is 2.79 bits per heavy atom. The van der Waals surface area contributed by atoms with Crippen LogP contribution in [0.3, 0.4) is 0 Å². The van der Waals surface area contributed by atoms with Crippen molar-refractivity contribution in [3.8, 4) is 5.75 Å². The lowest BCUT2D eigenvalue weighted by atomic mass is 10.1. The Hall–Kier alpha value is -0.770. The van der Waals surface area contributed by atoms with E-state index in [0.717, 1.165) is 10.9 Å². The van der Waals surface area contributed by atoms with Gasteiger partial charge in [0, 0.05) is 6.20 Å². The lowest BCUT2D eigenvalue weighted by Gasteiger charge is -2.11. The maximum Gasteiger partial charge on any atom is 0.159 e. The van der Waals surface area contributed by atoms with E-state index in [0.29, 0.717) is 24.0 Å². The molecule has 4 heteroatoms. The average molecular weight is 259 g/mol. The quantitative estimate of drug-likeness (QED) is 0.904. The molecule has 1 aromatic heterocycles. The normalized spacial score (nSPS) is 10.6. The first kappa shape index (κ1) is 11.3. The van der Waals surface area contributed by atoms with Crippen molar-refractivity contribution in [1.82, 2.24) is 4.98 Å². The fourth-order valence-electron chi connectivity index (χ4n) is 0.987. The fraction of sp³-hybridized carbons (Fsp3) is 0.500. The molecule has 2 N–H and O–H groups in total. The topological polar surface area (TPSA) is 48.1 Å². The van der Waals surface area contributed by atoms with E-state index in [1.165, 1.54) is 0 Å². The lowest BCUT2D eigenvalue weighted by Crippen LogP contribution is -2.04. The molecule has 0 bridgehead atoms. The number of halogens is 1. The minimum Gasteiger partial charge on any atom is -0.490 e. The highest BCUT2D eigenvalue weighted by Crippen LogP contribution is 2.29. The summed E-state index contributed by atoms with van der Waals surface area (Å²) in [4.78, 5) is 3.94. The summed E-state index contributed by atoms with van der Waals surface area (Å²) in [6, 6.07) is 0. The second kappa shape index (κ2) is 5.20. The van der Waals surface area contributed by atoms with E-state index >= 15 is 0 Å². The predicted octanol–water partition coefficient (Wildman–Crippen LogP) is 2.85. The van der Waals surface area contributed by atoms with Gasteiger partial charge in [-0.15, -0.1) is 0 Å². The smallest absolute Gasteiger partial charge is 0.159 e. The standard InChI is InChI=1S/C10H15BrN2O/c1-7(2)3-4-14-10-8(11)5-13-6-9(10)12/h5-7H,3-4,12H2,1-2H3. The summed E-state index contributed by atoms with van der Waals surface area (Å²) < 4.78 is 6.37. The molecule has 0 atom stereocenters. The molecule has 0 radical (unpaired) electrons. The first-order valence-corrected chi connectivity index (χ1v) is 5.42. The van der Waals surface area contributed by atoms with Gasteiger partial charge in [-0.05, 0) is 28.3 Å². The molecular weight excluding hydrogens is 244 g/mol. The molecule has 0 saturated heterocycles. The van der Waals surface area contributed by atoms with Crippen LogP contribution in [-0.4, -0.2) is 11.6 Å². The molecule has 1 heterocycles. The van der Waals surface area contributed by atoms with Gasteiger partial charge in [0.25, 0.3) is 0 Å². The summed E-state index contributed by atoms with van der Waals surface area (Å²) in [7, 11) is 0. The summed E-state index contributed by atoms with van der Waals surface area (Å²) in [6.45, 7) is 5.01. The highest BCUT2D eigenvalue weighted by atomic mass is 79.9. The third kappa shape index (κ3) is 3.18. The molecule has 0 unspecified atom stereocenters. The molecule has 0 fully saturated rings. The van der Waals surface area contributed by atoms with Gasteiger partial charge in [-0.3, -0.25) is 4.98 Å². The number of nitrogen functional groups attached to an aromatic ring is 1. The Morgan fingerprint density at radius 2 is 2.21 bits per heavy atom. The summed E-state index contributed by atoms with van der Waals surface area (Å²) in [6.07, 6.45) is 4.30. The molecule has 0 aliphatic heterocycles. The van der Waals surface area contributed by atoms with Crippen molar-refractivity contribution in [2.24, 2.45) is 5.92 Å². The van der Waals surface area contributed by atoms with E-state index < -0.39 is 0 Å². The van der Waals surface area contributed by atoms with Crippen molar-refractivity contribution < 1.29 is 4.74 Å². The molecule has 14 heavy (non-hydrogen) atoms. The third-order valence-corrected chi connectivity index (χ3v) is 2.39. The number of nitrogens with two attached hydrogens (primary N) is 1. The van der Waals surface area contributed by atoms with Gasteiger partial charge in [0.1, 0.15) is 0 Å². The van der Waals surface area contributed by atoms with Crippen LogP contribution in [0, 0.1) is 5.92 Å². The first-order valence-electron chi connectivity index (χ1n) is 4.63. The molecule has 0 aliphatic carbocycles. The van der Waals surface area contributed by atoms with Crippen molar-refractivity contribution in [2.45, 2.75) is 20.3 Å². The van der Waals surface area contributed by atoms with E-state index in [4.69, 9.17) is 10.5 Å². The minimum atomic E-state index is 0.572. The second-order valence-corrected chi connectivity index (χ2v) is 4.42. The summed E-state index contributed by atoms with van der Waals surface area (Å²) in [5.41, 5.74) is 6.29. The Kier molecular flexibility index (Phi) is 4.20. The Bertz CT molecular complexity index is 282. The Labute approximate surface area is 92.8 Å². The summed E-state index contributed by atoms with van der Waals surface area (Å²) >= 11 is 3.35. The molecular formula is C10H15BrN2O. The highest BCUT2D eigenvalue weighted by molar-refractivity contribution is 9.10. The van der Waals surface area contributed by atoms with Crippen LogP contribution in [-0.2, 0) is 0 Å². The van der Waals surface area contributed by atoms with Gasteiger partial charge in [0.2, 0.25) is 0 Å². The summed E-state index contributed by atoms with van der Waals surface area (Å²) in [5.74, 6) is 1.33. The van der Waals surface area contributed by atoms with E-state index in [9.17, 15) is 0 Å². The van der Waals surface area contributed by atoms with Gasteiger partial charge in [0.05, 0.1) is 23.0 Å². The Balaban J connectivity index is 2.58. The van der Waals surface area contributed by atoms with Crippen LogP contribution >= 0.6 is 15.9 Å². The largest absolute Gasteiger partial charge is 0.490 e. The van der Waals surface area contributed by atoms with E-state index in [1.54, 1.807) is 12.4 Å². The minimum absolute atomic E-state index is 0.572. The monoisotopic (exact) mass is 258 g/mol. The number of rotatable bonds is 4. The van der Waals surface area contributed by atoms with Crippen molar-refractivity contribution in [1.29, 1.82) is 0 Å². The Morgan fingerprint density at radius 1 is 1.50 bits per heavy atom. The number of nitrogens with zero attached hydrogens (tertiary/aromatic N) is 1. The van der Waals surface area contributed by atoms with Gasteiger partial charge in [-0.25, -0.2) is 0 Å². The zero-order chi connectivity index (χ0) is 10.6. The van der Waals surface area contributed by atoms with Crippen LogP contribution in [0.1, 0.15) is 20.3 Å². The van der Waals surface area contributed by atoms with Crippen molar-refractivity contribution in [3.05, 3.63) is 16.9 Å². The molecule has 3 nitrogen and oxygen atoms in total.